The van der Waals surface area contributed by atoms with Crippen LogP contribution in [0.4, 0.5) is 5.13 Å². The molecule has 0 atom stereocenters. The molecule has 7 heteroatoms. The summed E-state index contributed by atoms with van der Waals surface area (Å²) < 4.78 is 1.54. The Labute approximate surface area is 127 Å². The lowest BCUT2D eigenvalue weighted by Crippen LogP contribution is -2.19. The summed E-state index contributed by atoms with van der Waals surface area (Å²) in [7, 11) is 0. The summed E-state index contributed by atoms with van der Waals surface area (Å²) in [6, 6.07) is 0. The number of aromatic nitrogens is 4. The highest BCUT2D eigenvalue weighted by Gasteiger charge is 2.15. The summed E-state index contributed by atoms with van der Waals surface area (Å²) in [5, 5.41) is 11.3. The van der Waals surface area contributed by atoms with Crippen molar-refractivity contribution in [2.24, 2.45) is 0 Å². The summed E-state index contributed by atoms with van der Waals surface area (Å²) in [4.78, 5) is 17.9. The van der Waals surface area contributed by atoms with E-state index in [9.17, 15) is 4.79 Å². The van der Waals surface area contributed by atoms with Gasteiger partial charge in [0.15, 0.2) is 5.13 Å². The summed E-state index contributed by atoms with van der Waals surface area (Å²) in [5.41, 5.74) is 1.98. The molecule has 1 N–H and O–H groups in total. The third-order valence-electron chi connectivity index (χ3n) is 3.55. The largest absolute Gasteiger partial charge is 0.300 e. The first-order valence-corrected chi connectivity index (χ1v) is 8.17. The fourth-order valence-corrected chi connectivity index (χ4v) is 3.60. The van der Waals surface area contributed by atoms with Crippen LogP contribution in [0, 0.1) is 6.92 Å². The molecule has 6 nitrogen and oxygen atoms in total. The molecule has 1 aliphatic carbocycles. The van der Waals surface area contributed by atoms with Crippen LogP contribution < -0.4 is 5.32 Å². The molecule has 1 aliphatic rings. The number of thiazole rings is 1. The van der Waals surface area contributed by atoms with Gasteiger partial charge in [0.25, 0.3) is 0 Å². The van der Waals surface area contributed by atoms with Crippen molar-refractivity contribution in [1.29, 1.82) is 0 Å². The average molecular weight is 305 g/mol. The number of nitrogens with zero attached hydrogens (tertiary/aromatic N) is 4. The molecular formula is C14H19N5OS. The third-order valence-corrected chi connectivity index (χ3v) is 4.62. The number of carbonyl (C=O) groups is 1. The number of nitrogens with one attached hydrogen (secondary N) is 1. The van der Waals surface area contributed by atoms with E-state index in [2.05, 4.69) is 20.6 Å². The Balaban J connectivity index is 1.64. The molecule has 2 heterocycles. The average Bonchev–Trinajstić information content (AvgIpc) is 2.96. The fraction of sp³-hybridized carbons (Fsp3) is 0.571. The van der Waals surface area contributed by atoms with E-state index in [1.54, 1.807) is 17.5 Å². The normalized spacial score (nSPS) is 15.1. The molecule has 0 unspecified atom stereocenters. The maximum atomic E-state index is 12.0. The zero-order chi connectivity index (χ0) is 14.7. The second-order valence-corrected chi connectivity index (χ2v) is 6.49. The van der Waals surface area contributed by atoms with Crippen molar-refractivity contribution in [3.63, 3.8) is 0 Å². The highest BCUT2D eigenvalue weighted by atomic mass is 32.1. The van der Waals surface area contributed by atoms with Crippen LogP contribution in [0.2, 0.25) is 0 Å². The molecule has 112 valence electrons. The molecule has 0 aromatic carbocycles. The van der Waals surface area contributed by atoms with Crippen LogP contribution in [0.3, 0.4) is 0 Å². The smallest absolute Gasteiger partial charge is 0.247 e. The molecule has 0 spiro atoms. The number of rotatable bonds is 3. The quantitative estimate of drug-likeness (QED) is 0.944. The molecule has 21 heavy (non-hydrogen) atoms. The Bertz CT molecular complexity index is 608. The number of hydrogen-bond acceptors (Lipinski definition) is 5. The van der Waals surface area contributed by atoms with E-state index >= 15 is 0 Å². The Morgan fingerprint density at radius 2 is 2.14 bits per heavy atom. The van der Waals surface area contributed by atoms with E-state index in [0.29, 0.717) is 5.13 Å². The minimum atomic E-state index is -0.110. The second kappa shape index (κ2) is 6.34. The minimum Gasteiger partial charge on any atom is -0.300 e. The van der Waals surface area contributed by atoms with Gasteiger partial charge in [-0.3, -0.25) is 4.79 Å². The standard InChI is InChI=1S/C14H19N5OS/c1-10-8-19(18-17-10)9-13(20)16-14-15-11-6-4-2-3-5-7-12(11)21-14/h8H,2-7,9H2,1H3,(H,15,16,20). The number of carbonyl (C=O) groups excluding carboxylic acids is 1. The molecule has 0 radical (unpaired) electrons. The van der Waals surface area contributed by atoms with Crippen molar-refractivity contribution in [1.82, 2.24) is 20.0 Å². The third kappa shape index (κ3) is 3.66. The highest BCUT2D eigenvalue weighted by molar-refractivity contribution is 7.15. The van der Waals surface area contributed by atoms with Gasteiger partial charge in [0.1, 0.15) is 6.54 Å². The first kappa shape index (κ1) is 14.2. The van der Waals surface area contributed by atoms with E-state index in [4.69, 9.17) is 0 Å². The van der Waals surface area contributed by atoms with Crippen molar-refractivity contribution in [2.45, 2.75) is 52.0 Å². The molecule has 1 amide bonds. The Morgan fingerprint density at radius 1 is 1.33 bits per heavy atom. The van der Waals surface area contributed by atoms with Crippen molar-refractivity contribution >= 4 is 22.4 Å². The lowest BCUT2D eigenvalue weighted by Gasteiger charge is -2.06. The van der Waals surface area contributed by atoms with Gasteiger partial charge in [0, 0.05) is 11.1 Å². The molecule has 0 fully saturated rings. The van der Waals surface area contributed by atoms with Crippen LogP contribution in [-0.4, -0.2) is 25.9 Å². The van der Waals surface area contributed by atoms with Gasteiger partial charge in [-0.1, -0.05) is 18.1 Å². The van der Waals surface area contributed by atoms with Crippen LogP contribution in [0.1, 0.15) is 41.9 Å². The fourth-order valence-electron chi connectivity index (χ4n) is 2.54. The second-order valence-electron chi connectivity index (χ2n) is 5.41. The molecule has 3 rings (SSSR count). The predicted molar refractivity (Wildman–Crippen MR) is 81.4 cm³/mol. The number of amides is 1. The summed E-state index contributed by atoms with van der Waals surface area (Å²) in [6.07, 6.45) is 8.87. The van der Waals surface area contributed by atoms with Gasteiger partial charge >= 0.3 is 0 Å². The van der Waals surface area contributed by atoms with Crippen LogP contribution >= 0.6 is 11.3 Å². The van der Waals surface area contributed by atoms with E-state index in [0.717, 1.165) is 18.5 Å². The van der Waals surface area contributed by atoms with Crippen LogP contribution in [-0.2, 0) is 24.2 Å². The van der Waals surface area contributed by atoms with E-state index in [1.165, 1.54) is 40.9 Å². The summed E-state index contributed by atoms with van der Waals surface area (Å²) in [5.74, 6) is -0.110. The monoisotopic (exact) mass is 305 g/mol. The number of anilines is 1. The molecule has 2 aromatic heterocycles. The van der Waals surface area contributed by atoms with Crippen LogP contribution in [0.25, 0.3) is 0 Å². The van der Waals surface area contributed by atoms with Gasteiger partial charge in [0.05, 0.1) is 11.4 Å². The predicted octanol–water partition coefficient (Wildman–Crippen LogP) is 2.34. The molecule has 0 aliphatic heterocycles. The lowest BCUT2D eigenvalue weighted by atomic mass is 10.0. The van der Waals surface area contributed by atoms with Crippen LogP contribution in [0.5, 0.6) is 0 Å². The van der Waals surface area contributed by atoms with Crippen LogP contribution in [0.15, 0.2) is 6.20 Å². The van der Waals surface area contributed by atoms with Gasteiger partial charge in [-0.2, -0.15) is 0 Å². The summed E-state index contributed by atoms with van der Waals surface area (Å²) in [6.45, 7) is 2.02. The van der Waals surface area contributed by atoms with Gasteiger partial charge in [0.2, 0.25) is 5.91 Å². The molecular weight excluding hydrogens is 286 g/mol. The zero-order valence-electron chi connectivity index (χ0n) is 12.1. The SMILES string of the molecule is Cc1cn(CC(=O)Nc2nc3c(s2)CCCCCC3)nn1. The van der Waals surface area contributed by atoms with Gasteiger partial charge in [-0.25, -0.2) is 9.67 Å². The van der Waals surface area contributed by atoms with Crippen molar-refractivity contribution in [2.75, 3.05) is 5.32 Å². The van der Waals surface area contributed by atoms with E-state index < -0.39 is 0 Å². The van der Waals surface area contributed by atoms with Crippen molar-refractivity contribution < 1.29 is 4.79 Å². The number of aryl methyl sites for hydroxylation is 3. The number of hydrogen-bond donors (Lipinski definition) is 1. The van der Waals surface area contributed by atoms with E-state index in [-0.39, 0.29) is 12.5 Å². The Hall–Kier alpha value is -1.76. The molecule has 0 saturated heterocycles. The molecule has 2 aromatic rings. The van der Waals surface area contributed by atoms with Gasteiger partial charge < -0.3 is 5.32 Å². The van der Waals surface area contributed by atoms with Crippen molar-refractivity contribution in [3.8, 4) is 0 Å². The first-order valence-electron chi connectivity index (χ1n) is 7.36. The topological polar surface area (TPSA) is 72.7 Å². The van der Waals surface area contributed by atoms with Gasteiger partial charge in [-0.05, 0) is 32.6 Å². The minimum absolute atomic E-state index is 0.110. The summed E-state index contributed by atoms with van der Waals surface area (Å²) >= 11 is 1.61. The molecule has 0 bridgehead atoms. The Morgan fingerprint density at radius 3 is 2.90 bits per heavy atom. The van der Waals surface area contributed by atoms with Gasteiger partial charge in [-0.15, -0.1) is 16.4 Å². The van der Waals surface area contributed by atoms with E-state index in [1.807, 2.05) is 6.92 Å². The van der Waals surface area contributed by atoms with Crippen molar-refractivity contribution in [3.05, 3.63) is 22.5 Å². The maximum Gasteiger partial charge on any atom is 0.247 e. The first-order chi connectivity index (χ1) is 10.2. The zero-order valence-corrected chi connectivity index (χ0v) is 12.9. The lowest BCUT2D eigenvalue weighted by molar-refractivity contribution is -0.116. The highest BCUT2D eigenvalue weighted by Crippen LogP contribution is 2.28. The molecule has 0 saturated carbocycles. The number of fused-ring (bicyclic) bond motifs is 1. The Kier molecular flexibility index (Phi) is 4.28. The maximum absolute atomic E-state index is 12.0.